The Labute approximate surface area is 113 Å². The first kappa shape index (κ1) is 12.0. The van der Waals surface area contributed by atoms with E-state index in [-0.39, 0.29) is 5.56 Å². The maximum Gasteiger partial charge on any atom is 0.260 e. The van der Waals surface area contributed by atoms with Gasteiger partial charge in [-0.15, -0.1) is 0 Å². The van der Waals surface area contributed by atoms with Gasteiger partial charge in [0.1, 0.15) is 5.82 Å². The largest absolute Gasteiger partial charge is 0.361 e. The molecule has 1 aliphatic heterocycles. The zero-order valence-electron chi connectivity index (χ0n) is 11.4. The molecule has 0 spiro atoms. The predicted octanol–water partition coefficient (Wildman–Crippen LogP) is 2.66. The van der Waals surface area contributed by atoms with Crippen LogP contribution in [0.2, 0.25) is 0 Å². The van der Waals surface area contributed by atoms with Crippen molar-refractivity contribution in [2.24, 2.45) is 0 Å². The van der Waals surface area contributed by atoms with E-state index in [2.05, 4.69) is 11.0 Å². The summed E-state index contributed by atoms with van der Waals surface area (Å²) in [6.07, 6.45) is 1.03. The first-order valence-corrected chi connectivity index (χ1v) is 6.69. The number of benzene rings is 1. The van der Waals surface area contributed by atoms with E-state index in [0.29, 0.717) is 0 Å². The predicted molar refractivity (Wildman–Crippen MR) is 78.8 cm³/mol. The number of fused-ring (bicyclic) bond motifs is 1. The molecular weight excluding hydrogens is 236 g/mol. The summed E-state index contributed by atoms with van der Waals surface area (Å²) < 4.78 is 1.90. The van der Waals surface area contributed by atoms with Gasteiger partial charge < -0.3 is 4.90 Å². The number of aryl methyl sites for hydroxylation is 1. The van der Waals surface area contributed by atoms with E-state index in [9.17, 15) is 4.79 Å². The molecule has 0 saturated heterocycles. The number of anilines is 1. The highest BCUT2D eigenvalue weighted by atomic mass is 16.1. The number of hydrogen-bond donors (Lipinski definition) is 0. The Morgan fingerprint density at radius 3 is 2.58 bits per heavy atom. The quantitative estimate of drug-likeness (QED) is 0.781. The van der Waals surface area contributed by atoms with Crippen LogP contribution in [0.4, 0.5) is 5.82 Å². The molecule has 3 heteroatoms. The molecule has 0 radical (unpaired) electrons. The van der Waals surface area contributed by atoms with E-state index in [1.165, 1.54) is 0 Å². The van der Waals surface area contributed by atoms with E-state index in [4.69, 9.17) is 0 Å². The number of rotatable bonds is 1. The van der Waals surface area contributed by atoms with Crippen molar-refractivity contribution >= 4 is 5.82 Å². The van der Waals surface area contributed by atoms with Gasteiger partial charge in [0.25, 0.3) is 5.56 Å². The maximum atomic E-state index is 12.7. The molecule has 0 unspecified atom stereocenters. The van der Waals surface area contributed by atoms with Gasteiger partial charge in [-0.05, 0) is 30.5 Å². The van der Waals surface area contributed by atoms with Crippen molar-refractivity contribution in [2.75, 3.05) is 18.5 Å². The van der Waals surface area contributed by atoms with Gasteiger partial charge in [-0.1, -0.05) is 30.3 Å². The van der Waals surface area contributed by atoms with E-state index < -0.39 is 0 Å². The second-order valence-corrected chi connectivity index (χ2v) is 5.16. The lowest BCUT2D eigenvalue weighted by Gasteiger charge is -2.29. The third kappa shape index (κ3) is 1.95. The minimum atomic E-state index is 0.132. The summed E-state index contributed by atoms with van der Waals surface area (Å²) in [6, 6.07) is 12.1. The van der Waals surface area contributed by atoms with E-state index in [1.54, 1.807) is 0 Å². The first-order chi connectivity index (χ1) is 9.18. The maximum absolute atomic E-state index is 12.7. The van der Waals surface area contributed by atoms with Gasteiger partial charge in [0.05, 0.1) is 5.56 Å². The molecule has 0 amide bonds. The summed E-state index contributed by atoms with van der Waals surface area (Å²) in [4.78, 5) is 14.9. The molecule has 1 aromatic heterocycles. The summed E-state index contributed by atoms with van der Waals surface area (Å²) in [6.45, 7) is 3.86. The minimum absolute atomic E-state index is 0.132. The molecule has 1 aliphatic rings. The summed E-state index contributed by atoms with van der Waals surface area (Å²) in [7, 11) is 2.05. The number of aromatic nitrogens is 1. The second-order valence-electron chi connectivity index (χ2n) is 5.16. The Morgan fingerprint density at radius 2 is 1.84 bits per heavy atom. The number of nitrogens with zero attached hydrogens (tertiary/aromatic N) is 2. The normalized spacial score (nSPS) is 14.3. The van der Waals surface area contributed by atoms with Crippen molar-refractivity contribution in [3.8, 4) is 11.1 Å². The highest BCUT2D eigenvalue weighted by molar-refractivity contribution is 5.68. The van der Waals surface area contributed by atoms with Crippen LogP contribution in [0.1, 0.15) is 12.0 Å². The molecular formula is C16H18N2O. The molecule has 0 atom stereocenters. The summed E-state index contributed by atoms with van der Waals surface area (Å²) in [5.41, 5.74) is 3.03. The topological polar surface area (TPSA) is 25.2 Å². The summed E-state index contributed by atoms with van der Waals surface area (Å²) in [5, 5.41) is 0. The number of pyridine rings is 1. The second kappa shape index (κ2) is 4.57. The Balaban J connectivity index is 2.26. The number of hydrogen-bond acceptors (Lipinski definition) is 2. The highest BCUT2D eigenvalue weighted by Gasteiger charge is 2.19. The fourth-order valence-corrected chi connectivity index (χ4v) is 2.82. The van der Waals surface area contributed by atoms with Crippen molar-refractivity contribution < 1.29 is 0 Å². The Kier molecular flexibility index (Phi) is 2.90. The third-order valence-corrected chi connectivity index (χ3v) is 3.80. The monoisotopic (exact) mass is 254 g/mol. The van der Waals surface area contributed by atoms with Gasteiger partial charge in [0.2, 0.25) is 0 Å². The summed E-state index contributed by atoms with van der Waals surface area (Å²) in [5.74, 6) is 1.04. The molecule has 0 N–H and O–H groups in total. The average Bonchev–Trinajstić information content (AvgIpc) is 2.41. The highest BCUT2D eigenvalue weighted by Crippen LogP contribution is 2.25. The molecule has 0 aliphatic carbocycles. The van der Waals surface area contributed by atoms with Crippen molar-refractivity contribution in [3.63, 3.8) is 0 Å². The minimum Gasteiger partial charge on any atom is -0.361 e. The molecule has 3 nitrogen and oxygen atoms in total. The van der Waals surface area contributed by atoms with Crippen LogP contribution in [0.25, 0.3) is 11.1 Å². The Bertz CT molecular complexity index is 658. The average molecular weight is 254 g/mol. The van der Waals surface area contributed by atoms with Crippen molar-refractivity contribution in [2.45, 2.75) is 19.9 Å². The lowest BCUT2D eigenvalue weighted by molar-refractivity contribution is 0.566. The lowest BCUT2D eigenvalue weighted by atomic mass is 10.0. The van der Waals surface area contributed by atoms with Crippen molar-refractivity contribution in [3.05, 3.63) is 52.3 Å². The van der Waals surface area contributed by atoms with Crippen LogP contribution in [0.3, 0.4) is 0 Å². The van der Waals surface area contributed by atoms with Crippen LogP contribution < -0.4 is 10.5 Å². The molecule has 0 saturated carbocycles. The van der Waals surface area contributed by atoms with E-state index in [1.807, 2.05) is 48.9 Å². The molecule has 98 valence electrons. The van der Waals surface area contributed by atoms with Crippen molar-refractivity contribution in [1.82, 2.24) is 4.57 Å². The molecule has 19 heavy (non-hydrogen) atoms. The van der Waals surface area contributed by atoms with Crippen LogP contribution in [0, 0.1) is 6.92 Å². The molecule has 0 fully saturated rings. The van der Waals surface area contributed by atoms with Crippen LogP contribution in [0.5, 0.6) is 0 Å². The SMILES string of the molecule is Cc1cc2n(c(=O)c1-c1ccccc1)CCCN2C. The van der Waals surface area contributed by atoms with Gasteiger partial charge in [-0.25, -0.2) is 0 Å². The fourth-order valence-electron chi connectivity index (χ4n) is 2.82. The van der Waals surface area contributed by atoms with Crippen LogP contribution >= 0.6 is 0 Å². The molecule has 2 aromatic rings. The first-order valence-electron chi connectivity index (χ1n) is 6.69. The van der Waals surface area contributed by atoms with Gasteiger partial charge >= 0.3 is 0 Å². The molecule has 2 heterocycles. The van der Waals surface area contributed by atoms with Crippen LogP contribution in [0.15, 0.2) is 41.2 Å². The fraction of sp³-hybridized carbons (Fsp3) is 0.312. The Morgan fingerprint density at radius 1 is 1.11 bits per heavy atom. The Hall–Kier alpha value is -2.03. The summed E-state index contributed by atoms with van der Waals surface area (Å²) >= 11 is 0. The van der Waals surface area contributed by atoms with Gasteiger partial charge in [-0.3, -0.25) is 9.36 Å². The standard InChI is InChI=1S/C16H18N2O/c1-12-11-14-17(2)9-6-10-18(14)16(19)15(12)13-7-4-3-5-8-13/h3-5,7-8,11H,6,9-10H2,1-2H3. The molecule has 1 aromatic carbocycles. The van der Waals surface area contributed by atoms with Crippen LogP contribution in [-0.2, 0) is 6.54 Å². The smallest absolute Gasteiger partial charge is 0.260 e. The van der Waals surface area contributed by atoms with E-state index in [0.717, 1.165) is 42.0 Å². The molecule has 3 rings (SSSR count). The lowest BCUT2D eigenvalue weighted by Crippen LogP contribution is -2.36. The van der Waals surface area contributed by atoms with Crippen molar-refractivity contribution in [1.29, 1.82) is 0 Å². The zero-order chi connectivity index (χ0) is 13.4. The molecule has 0 bridgehead atoms. The van der Waals surface area contributed by atoms with Crippen LogP contribution in [-0.4, -0.2) is 18.2 Å². The zero-order valence-corrected chi connectivity index (χ0v) is 11.4. The van der Waals surface area contributed by atoms with E-state index >= 15 is 0 Å². The van der Waals surface area contributed by atoms with Gasteiger partial charge in [-0.2, -0.15) is 0 Å². The van der Waals surface area contributed by atoms with Gasteiger partial charge in [0, 0.05) is 20.1 Å². The van der Waals surface area contributed by atoms with Gasteiger partial charge in [0.15, 0.2) is 0 Å². The third-order valence-electron chi connectivity index (χ3n) is 3.80.